The summed E-state index contributed by atoms with van der Waals surface area (Å²) in [5.74, 6) is -0.361. The van der Waals surface area contributed by atoms with Crippen LogP contribution in [0.5, 0.6) is 0 Å². The summed E-state index contributed by atoms with van der Waals surface area (Å²) >= 11 is 0. The van der Waals surface area contributed by atoms with Crippen molar-refractivity contribution in [1.29, 1.82) is 0 Å². The first-order valence-electron chi connectivity index (χ1n) is 15.6. The Bertz CT molecular complexity index is 699. The normalized spacial score (nSPS) is 14.8. The third-order valence-corrected chi connectivity index (χ3v) is 22.6. The van der Waals surface area contributed by atoms with Crippen molar-refractivity contribution in [3.63, 3.8) is 0 Å². The maximum absolute atomic E-state index is 12.4. The number of hydrogen-bond donors (Lipinski definition) is 2. The molecule has 0 bridgehead atoms. The van der Waals surface area contributed by atoms with Crippen LogP contribution in [0.25, 0.3) is 0 Å². The van der Waals surface area contributed by atoms with Crippen molar-refractivity contribution in [2.24, 2.45) is 0 Å². The number of carbonyl (C=O) groups excluding carboxylic acids is 1. The SMILES string of the molecule is C=CC(=O)N(CC(O)COCCC[SiH](O[Si](C)(C)C)O[Si](C)(C)C)CC(O)COCCC[SiH](O[Si](C)(C)C)O[Si](C)(C)C. The van der Waals surface area contributed by atoms with E-state index in [1.54, 1.807) is 0 Å². The second-order valence-electron chi connectivity index (χ2n) is 15.0. The number of carbonyl (C=O) groups is 1. The van der Waals surface area contributed by atoms with E-state index in [0.717, 1.165) is 24.9 Å². The van der Waals surface area contributed by atoms with Gasteiger partial charge in [0, 0.05) is 26.3 Å². The zero-order valence-corrected chi connectivity index (χ0v) is 35.7. The molecule has 43 heavy (non-hydrogen) atoms. The number of rotatable bonds is 25. The fourth-order valence-corrected chi connectivity index (χ4v) is 20.8. The van der Waals surface area contributed by atoms with Gasteiger partial charge >= 0.3 is 18.6 Å². The fourth-order valence-electron chi connectivity index (χ4n) is 4.00. The summed E-state index contributed by atoms with van der Waals surface area (Å²) < 4.78 is 36.8. The van der Waals surface area contributed by atoms with Crippen LogP contribution in [0.2, 0.25) is 90.7 Å². The van der Waals surface area contributed by atoms with Crippen LogP contribution in [0.4, 0.5) is 0 Å². The highest BCUT2D eigenvalue weighted by molar-refractivity contribution is 6.81. The molecule has 0 aromatic carbocycles. The lowest BCUT2D eigenvalue weighted by Gasteiger charge is -2.30. The van der Waals surface area contributed by atoms with Gasteiger partial charge in [-0.25, -0.2) is 0 Å². The number of hydrogen-bond acceptors (Lipinski definition) is 9. The van der Waals surface area contributed by atoms with Crippen LogP contribution in [0.3, 0.4) is 0 Å². The molecule has 1 amide bonds. The molecule has 0 radical (unpaired) electrons. The molecule has 2 atom stereocenters. The molecule has 0 aliphatic rings. The Morgan fingerprint density at radius 1 is 0.674 bits per heavy atom. The van der Waals surface area contributed by atoms with Crippen molar-refractivity contribution in [3.05, 3.63) is 12.7 Å². The number of aliphatic hydroxyl groups excluding tert-OH is 2. The Kier molecular flexibility index (Phi) is 20.5. The molecular weight excluding hydrogens is 651 g/mol. The van der Waals surface area contributed by atoms with Crippen LogP contribution in [0.15, 0.2) is 12.7 Å². The van der Waals surface area contributed by atoms with Crippen molar-refractivity contribution in [2.45, 2.75) is 116 Å². The minimum Gasteiger partial charge on any atom is -0.439 e. The molecule has 256 valence electrons. The zero-order chi connectivity index (χ0) is 33.5. The average molecular weight is 716 g/mol. The predicted octanol–water partition coefficient (Wildman–Crippen LogP) is 4.38. The second-order valence-corrected chi connectivity index (χ2v) is 38.5. The molecule has 0 heterocycles. The van der Waals surface area contributed by atoms with E-state index in [1.165, 1.54) is 11.0 Å². The van der Waals surface area contributed by atoms with E-state index >= 15 is 0 Å². The third kappa shape index (κ3) is 27.1. The first-order valence-corrected chi connectivity index (χ1v) is 32.8. The van der Waals surface area contributed by atoms with Gasteiger partial charge in [0.15, 0.2) is 33.3 Å². The lowest BCUT2D eigenvalue weighted by atomic mass is 10.2. The van der Waals surface area contributed by atoms with Crippen molar-refractivity contribution in [3.8, 4) is 0 Å². The van der Waals surface area contributed by atoms with Crippen molar-refractivity contribution in [1.82, 2.24) is 4.90 Å². The Morgan fingerprint density at radius 2 is 0.977 bits per heavy atom. The second kappa shape index (κ2) is 20.4. The smallest absolute Gasteiger partial charge is 0.300 e. The molecule has 2 N–H and O–H groups in total. The largest absolute Gasteiger partial charge is 0.439 e. The van der Waals surface area contributed by atoms with Gasteiger partial charge < -0.3 is 41.0 Å². The van der Waals surface area contributed by atoms with Crippen LogP contribution < -0.4 is 0 Å². The molecular formula is C27H65NO9Si6. The topological polar surface area (TPSA) is 116 Å². The van der Waals surface area contributed by atoms with Gasteiger partial charge in [-0.2, -0.15) is 0 Å². The van der Waals surface area contributed by atoms with Gasteiger partial charge in [-0.15, -0.1) is 0 Å². The summed E-state index contributed by atoms with van der Waals surface area (Å²) in [4.78, 5) is 13.8. The highest BCUT2D eigenvalue weighted by Crippen LogP contribution is 2.17. The van der Waals surface area contributed by atoms with Crippen LogP contribution in [0, 0.1) is 0 Å². The molecule has 16 heteroatoms. The molecule has 0 fully saturated rings. The summed E-state index contributed by atoms with van der Waals surface area (Å²) in [5, 5.41) is 21.1. The standard InChI is InChI=1S/C27H65NO9Si6/c1-14-27(31)28(21-25(29)23-32-17-15-19-38(34-40(2,3)4)35-41(5,6)7)22-26(30)24-33-18-16-20-39(36-42(8,9)10)37-43(11,12)13/h14,25-26,29-30,38-39H,1,15-24H2,2-13H3. The van der Waals surface area contributed by atoms with E-state index in [1.807, 2.05) is 0 Å². The van der Waals surface area contributed by atoms with E-state index in [9.17, 15) is 15.0 Å². The minimum absolute atomic E-state index is 0.0338. The van der Waals surface area contributed by atoms with Crippen LogP contribution in [-0.4, -0.2) is 125 Å². The van der Waals surface area contributed by atoms with Crippen LogP contribution >= 0.6 is 0 Å². The van der Waals surface area contributed by atoms with Crippen LogP contribution in [0.1, 0.15) is 12.8 Å². The van der Waals surface area contributed by atoms with Gasteiger partial charge in [-0.05, 0) is 110 Å². The van der Waals surface area contributed by atoms with E-state index in [2.05, 4.69) is 85.1 Å². The highest BCUT2D eigenvalue weighted by atomic mass is 28.5. The molecule has 0 saturated carbocycles. The average Bonchev–Trinajstić information content (AvgIpc) is 2.78. The fraction of sp³-hybridized carbons (Fsp3) is 0.889. The third-order valence-electron chi connectivity index (χ3n) is 5.37. The predicted molar refractivity (Wildman–Crippen MR) is 191 cm³/mol. The molecule has 2 unspecified atom stereocenters. The molecule has 0 aliphatic heterocycles. The van der Waals surface area contributed by atoms with Gasteiger partial charge in [0.1, 0.15) is 0 Å². The Morgan fingerprint density at radius 3 is 1.23 bits per heavy atom. The molecule has 0 rings (SSSR count). The summed E-state index contributed by atoms with van der Waals surface area (Å²) in [6, 6.07) is 1.72. The zero-order valence-electron chi connectivity index (χ0n) is 29.4. The number of ether oxygens (including phenoxy) is 2. The van der Waals surface area contributed by atoms with E-state index in [-0.39, 0.29) is 32.2 Å². The first kappa shape index (κ1) is 43.2. The molecule has 0 aliphatic carbocycles. The quantitative estimate of drug-likeness (QED) is 0.0808. The van der Waals surface area contributed by atoms with Gasteiger partial charge in [-0.3, -0.25) is 4.79 Å². The van der Waals surface area contributed by atoms with Gasteiger partial charge in [0.25, 0.3) is 0 Å². The van der Waals surface area contributed by atoms with E-state index < -0.39 is 64.0 Å². The summed E-state index contributed by atoms with van der Waals surface area (Å²) in [7, 11) is -10.3. The molecule has 10 nitrogen and oxygen atoms in total. The van der Waals surface area contributed by atoms with Crippen molar-refractivity contribution < 1.29 is 40.9 Å². The maximum atomic E-state index is 12.4. The molecule has 0 aromatic heterocycles. The lowest BCUT2D eigenvalue weighted by Crippen LogP contribution is -2.44. The minimum atomic E-state index is -1.78. The van der Waals surface area contributed by atoms with Gasteiger partial charge in [-0.1, -0.05) is 6.58 Å². The van der Waals surface area contributed by atoms with Crippen molar-refractivity contribution in [2.75, 3.05) is 39.5 Å². The Hall–Kier alpha value is 0.191. The molecule has 0 saturated heterocycles. The van der Waals surface area contributed by atoms with Gasteiger partial charge in [0.05, 0.1) is 25.4 Å². The highest BCUT2D eigenvalue weighted by Gasteiger charge is 2.29. The van der Waals surface area contributed by atoms with E-state index in [0.29, 0.717) is 13.2 Å². The Balaban J connectivity index is 4.58. The Labute approximate surface area is 270 Å². The monoisotopic (exact) mass is 715 g/mol. The van der Waals surface area contributed by atoms with Crippen molar-refractivity contribution >= 4 is 57.7 Å². The number of aliphatic hydroxyl groups is 2. The number of amides is 1. The maximum Gasteiger partial charge on any atom is 0.300 e. The summed E-state index contributed by atoms with van der Waals surface area (Å²) in [6.07, 6.45) is 0.996. The van der Waals surface area contributed by atoms with Crippen LogP contribution in [-0.2, 0) is 30.7 Å². The number of nitrogens with zero attached hydrogens (tertiary/aromatic N) is 1. The molecule has 0 aromatic rings. The van der Waals surface area contributed by atoms with E-state index in [4.69, 9.17) is 25.9 Å². The molecule has 0 spiro atoms. The van der Waals surface area contributed by atoms with Gasteiger partial charge in [0.2, 0.25) is 5.91 Å². The summed E-state index contributed by atoms with van der Waals surface area (Å²) in [6.45, 7) is 30.9. The lowest BCUT2D eigenvalue weighted by molar-refractivity contribution is -0.130. The summed E-state index contributed by atoms with van der Waals surface area (Å²) in [5.41, 5.74) is 0. The first-order chi connectivity index (χ1) is 19.5.